The second-order valence-electron chi connectivity index (χ2n) is 9.18. The SMILES string of the molecule is CC(C)n1c(=O)n(-c2cccc(OC(F)F)c2)c2cnc(C(=O)NC3(C)CCS(=O)(=O)CC3)cc21. The summed E-state index contributed by atoms with van der Waals surface area (Å²) in [6.45, 7) is 2.41. The first-order valence-corrected chi connectivity index (χ1v) is 12.9. The minimum Gasteiger partial charge on any atom is -0.435 e. The molecule has 188 valence electrons. The van der Waals surface area contributed by atoms with Crippen LogP contribution in [-0.2, 0) is 9.84 Å². The van der Waals surface area contributed by atoms with Crippen LogP contribution in [-0.4, -0.2) is 52.1 Å². The van der Waals surface area contributed by atoms with Crippen molar-refractivity contribution >= 4 is 26.8 Å². The molecular weight excluding hydrogens is 482 g/mol. The van der Waals surface area contributed by atoms with E-state index in [0.717, 1.165) is 0 Å². The molecule has 1 aliphatic heterocycles. The first-order valence-electron chi connectivity index (χ1n) is 11.1. The predicted molar refractivity (Wildman–Crippen MR) is 126 cm³/mol. The van der Waals surface area contributed by atoms with Crippen LogP contribution in [0.2, 0.25) is 0 Å². The van der Waals surface area contributed by atoms with Gasteiger partial charge in [0.15, 0.2) is 0 Å². The Kier molecular flexibility index (Phi) is 6.43. The monoisotopic (exact) mass is 508 g/mol. The van der Waals surface area contributed by atoms with Crippen molar-refractivity contribution < 1.29 is 26.7 Å². The molecule has 1 aliphatic rings. The molecule has 4 rings (SSSR count). The molecule has 0 saturated carbocycles. The summed E-state index contributed by atoms with van der Waals surface area (Å²) in [5.41, 5.74) is 0.119. The number of pyridine rings is 1. The van der Waals surface area contributed by atoms with Crippen molar-refractivity contribution in [3.05, 3.63) is 52.7 Å². The van der Waals surface area contributed by atoms with Gasteiger partial charge in [0.25, 0.3) is 5.91 Å². The first kappa shape index (κ1) is 24.8. The quantitative estimate of drug-likeness (QED) is 0.548. The van der Waals surface area contributed by atoms with Gasteiger partial charge in [-0.25, -0.2) is 18.2 Å². The van der Waals surface area contributed by atoms with Gasteiger partial charge in [0.2, 0.25) is 0 Å². The molecule has 0 spiro atoms. The fourth-order valence-corrected chi connectivity index (χ4v) is 5.97. The number of imidazole rings is 1. The Morgan fingerprint density at radius 2 is 1.86 bits per heavy atom. The first-order chi connectivity index (χ1) is 16.4. The Morgan fingerprint density at radius 1 is 1.17 bits per heavy atom. The fraction of sp³-hybridized carbons (Fsp3) is 0.435. The van der Waals surface area contributed by atoms with Gasteiger partial charge < -0.3 is 10.1 Å². The highest BCUT2D eigenvalue weighted by molar-refractivity contribution is 7.91. The smallest absolute Gasteiger partial charge is 0.387 e. The molecule has 0 atom stereocenters. The number of carbonyl (C=O) groups excluding carboxylic acids is 1. The van der Waals surface area contributed by atoms with Gasteiger partial charge in [-0.2, -0.15) is 8.78 Å². The maximum absolute atomic E-state index is 13.3. The molecule has 1 N–H and O–H groups in total. The lowest BCUT2D eigenvalue weighted by atomic mass is 9.94. The number of nitrogens with one attached hydrogen (secondary N) is 1. The highest BCUT2D eigenvalue weighted by Gasteiger charge is 2.35. The Morgan fingerprint density at radius 3 is 2.49 bits per heavy atom. The van der Waals surface area contributed by atoms with E-state index in [-0.39, 0.29) is 29.0 Å². The van der Waals surface area contributed by atoms with Crippen LogP contribution in [0.3, 0.4) is 0 Å². The zero-order valence-electron chi connectivity index (χ0n) is 19.5. The highest BCUT2D eigenvalue weighted by Crippen LogP contribution is 2.26. The Bertz CT molecular complexity index is 1430. The molecule has 0 aliphatic carbocycles. The predicted octanol–water partition coefficient (Wildman–Crippen LogP) is 3.07. The molecule has 1 aromatic carbocycles. The zero-order valence-corrected chi connectivity index (χ0v) is 20.3. The van der Waals surface area contributed by atoms with E-state index in [4.69, 9.17) is 0 Å². The number of fused-ring (bicyclic) bond motifs is 1. The molecule has 1 fully saturated rings. The van der Waals surface area contributed by atoms with Gasteiger partial charge >= 0.3 is 12.3 Å². The standard InChI is InChI=1S/C23H26F2N4O5S/c1-14(2)28-18-12-17(20(30)27-23(3)7-9-35(32,33)10-8-23)26-13-19(18)29(22(28)31)15-5-4-6-16(11-15)34-21(24)25/h4-6,11-14,21H,7-10H2,1-3H3,(H,27,30). The van der Waals surface area contributed by atoms with E-state index in [1.807, 2.05) is 13.8 Å². The number of rotatable bonds is 6. The summed E-state index contributed by atoms with van der Waals surface area (Å²) in [4.78, 5) is 30.6. The summed E-state index contributed by atoms with van der Waals surface area (Å²) >= 11 is 0. The third-order valence-electron chi connectivity index (χ3n) is 6.15. The van der Waals surface area contributed by atoms with Crippen molar-refractivity contribution in [1.82, 2.24) is 19.4 Å². The van der Waals surface area contributed by atoms with Crippen LogP contribution in [0.4, 0.5) is 8.78 Å². The summed E-state index contributed by atoms with van der Waals surface area (Å²) < 4.78 is 56.2. The van der Waals surface area contributed by atoms with E-state index in [0.29, 0.717) is 29.6 Å². The van der Waals surface area contributed by atoms with Crippen LogP contribution >= 0.6 is 0 Å². The summed E-state index contributed by atoms with van der Waals surface area (Å²) in [7, 11) is -3.09. The van der Waals surface area contributed by atoms with Gasteiger partial charge in [-0.1, -0.05) is 6.07 Å². The molecule has 3 aromatic rings. The average Bonchev–Trinajstić information content (AvgIpc) is 3.07. The second kappa shape index (κ2) is 9.06. The van der Waals surface area contributed by atoms with Crippen LogP contribution < -0.4 is 15.7 Å². The number of ether oxygens (including phenoxy) is 1. The number of amides is 1. The molecule has 1 amide bonds. The normalized spacial score (nSPS) is 17.1. The van der Waals surface area contributed by atoms with Gasteiger partial charge in [0.05, 0.1) is 34.4 Å². The van der Waals surface area contributed by atoms with Crippen LogP contribution in [0.15, 0.2) is 41.3 Å². The van der Waals surface area contributed by atoms with Crippen molar-refractivity contribution in [2.75, 3.05) is 11.5 Å². The van der Waals surface area contributed by atoms with E-state index in [9.17, 15) is 26.8 Å². The van der Waals surface area contributed by atoms with E-state index in [2.05, 4.69) is 15.0 Å². The third-order valence-corrected chi connectivity index (χ3v) is 7.81. The molecule has 0 unspecified atom stereocenters. The molecule has 12 heteroatoms. The molecule has 35 heavy (non-hydrogen) atoms. The van der Waals surface area contributed by atoms with Crippen molar-refractivity contribution in [1.29, 1.82) is 0 Å². The van der Waals surface area contributed by atoms with E-state index in [1.165, 1.54) is 39.6 Å². The zero-order chi connectivity index (χ0) is 25.5. The number of benzene rings is 1. The number of halogens is 2. The number of aromatic nitrogens is 3. The third kappa shape index (κ3) is 5.07. The van der Waals surface area contributed by atoms with Crippen molar-refractivity contribution in [3.8, 4) is 11.4 Å². The summed E-state index contributed by atoms with van der Waals surface area (Å²) in [6.07, 6.45) is 1.99. The van der Waals surface area contributed by atoms with Gasteiger partial charge in [-0.05, 0) is 51.8 Å². The maximum Gasteiger partial charge on any atom is 0.387 e. The molecule has 0 bridgehead atoms. The van der Waals surface area contributed by atoms with Crippen molar-refractivity contribution in [2.24, 2.45) is 0 Å². The lowest BCUT2D eigenvalue weighted by molar-refractivity contribution is -0.0498. The number of hydrogen-bond donors (Lipinski definition) is 1. The summed E-state index contributed by atoms with van der Waals surface area (Å²) in [5, 5.41) is 2.89. The van der Waals surface area contributed by atoms with Crippen molar-refractivity contribution in [2.45, 2.75) is 51.8 Å². The van der Waals surface area contributed by atoms with Crippen LogP contribution in [0.1, 0.15) is 50.1 Å². The molecule has 2 aromatic heterocycles. The topological polar surface area (TPSA) is 112 Å². The van der Waals surface area contributed by atoms with Crippen LogP contribution in [0.25, 0.3) is 16.7 Å². The Labute approximate surface area is 200 Å². The molecule has 9 nitrogen and oxygen atoms in total. The highest BCUT2D eigenvalue weighted by atomic mass is 32.2. The van der Waals surface area contributed by atoms with E-state index >= 15 is 0 Å². The van der Waals surface area contributed by atoms with E-state index < -0.39 is 33.6 Å². The Balaban J connectivity index is 1.74. The number of hydrogen-bond acceptors (Lipinski definition) is 6. The number of carbonyl (C=O) groups is 1. The number of nitrogens with zero attached hydrogens (tertiary/aromatic N) is 3. The average molecular weight is 509 g/mol. The van der Waals surface area contributed by atoms with Gasteiger partial charge in [0.1, 0.15) is 21.3 Å². The molecule has 0 radical (unpaired) electrons. The lowest BCUT2D eigenvalue weighted by Gasteiger charge is -2.34. The number of sulfone groups is 1. The summed E-state index contributed by atoms with van der Waals surface area (Å²) in [5.74, 6) is -0.571. The van der Waals surface area contributed by atoms with Crippen molar-refractivity contribution in [3.63, 3.8) is 0 Å². The largest absolute Gasteiger partial charge is 0.435 e. The minimum absolute atomic E-state index is 0.000320. The van der Waals surface area contributed by atoms with Crippen LogP contribution in [0.5, 0.6) is 5.75 Å². The number of alkyl halides is 2. The maximum atomic E-state index is 13.3. The van der Waals surface area contributed by atoms with E-state index in [1.54, 1.807) is 13.0 Å². The molecular formula is C23H26F2N4O5S. The van der Waals surface area contributed by atoms with Gasteiger partial charge in [-0.3, -0.25) is 13.9 Å². The lowest BCUT2D eigenvalue weighted by Crippen LogP contribution is -2.51. The molecule has 3 heterocycles. The second-order valence-corrected chi connectivity index (χ2v) is 11.5. The minimum atomic E-state index is -3.09. The van der Waals surface area contributed by atoms with Gasteiger partial charge in [0, 0.05) is 17.6 Å². The van der Waals surface area contributed by atoms with Gasteiger partial charge in [-0.15, -0.1) is 0 Å². The fourth-order valence-electron chi connectivity index (χ4n) is 4.24. The molecule has 1 saturated heterocycles. The van der Waals surface area contributed by atoms with Crippen LogP contribution in [0, 0.1) is 0 Å². The summed E-state index contributed by atoms with van der Waals surface area (Å²) in [6, 6.07) is 7.01. The Hall–Kier alpha value is -3.28.